The Labute approximate surface area is 197 Å². The third-order valence-electron chi connectivity index (χ3n) is 5.42. The summed E-state index contributed by atoms with van der Waals surface area (Å²) in [7, 11) is 0. The molecule has 170 valence electrons. The Hall–Kier alpha value is -4.40. The van der Waals surface area contributed by atoms with Crippen LogP contribution in [0.2, 0.25) is 0 Å². The van der Waals surface area contributed by atoms with Crippen LogP contribution >= 0.6 is 0 Å². The number of hydrogen-bond acceptors (Lipinski definition) is 7. The fourth-order valence-corrected chi connectivity index (χ4v) is 3.74. The summed E-state index contributed by atoms with van der Waals surface area (Å²) in [6.07, 6.45) is 2.76. The molecule has 0 aliphatic carbocycles. The highest BCUT2D eigenvalue weighted by molar-refractivity contribution is 5.97. The first kappa shape index (κ1) is 22.8. The highest BCUT2D eigenvalue weighted by atomic mass is 16.5. The van der Waals surface area contributed by atoms with Crippen LogP contribution in [0.1, 0.15) is 45.5 Å². The molecule has 1 aromatic heterocycles. The number of carbonyl (C=O) groups excluding carboxylic acids is 1. The number of amides is 1. The van der Waals surface area contributed by atoms with Gasteiger partial charge in [0, 0.05) is 24.6 Å². The standard InChI is InChI=1S/C26H23N5O3/c1-16-10-19(14-28)11-17(2)25(16)34-22-12-23(30-20-7-5-18(13-27)6-8-20)29-15-21(22)26(32)31-24-4-3-9-33-24/h5-8,10-12,15,24H,3-4,9H2,1-2H3,(H,29,30)(H,31,32). The largest absolute Gasteiger partial charge is 0.456 e. The summed E-state index contributed by atoms with van der Waals surface area (Å²) >= 11 is 0. The third kappa shape index (κ3) is 5.15. The first-order chi connectivity index (χ1) is 16.5. The van der Waals surface area contributed by atoms with E-state index in [1.807, 2.05) is 13.8 Å². The number of nitrogens with zero attached hydrogens (tertiary/aromatic N) is 3. The lowest BCUT2D eigenvalue weighted by Crippen LogP contribution is -2.34. The number of aromatic nitrogens is 1. The van der Waals surface area contributed by atoms with Crippen molar-refractivity contribution in [2.75, 3.05) is 11.9 Å². The van der Waals surface area contributed by atoms with Crippen LogP contribution < -0.4 is 15.4 Å². The second kappa shape index (κ2) is 10.0. The molecule has 0 spiro atoms. The first-order valence-corrected chi connectivity index (χ1v) is 10.9. The van der Waals surface area contributed by atoms with E-state index < -0.39 is 0 Å². The van der Waals surface area contributed by atoms with Gasteiger partial charge in [-0.05, 0) is 74.2 Å². The van der Waals surface area contributed by atoms with Crippen molar-refractivity contribution >= 4 is 17.4 Å². The number of rotatable bonds is 6. The molecule has 2 heterocycles. The molecule has 0 saturated carbocycles. The van der Waals surface area contributed by atoms with Gasteiger partial charge in [-0.3, -0.25) is 4.79 Å². The number of benzene rings is 2. The van der Waals surface area contributed by atoms with Crippen molar-refractivity contribution in [3.63, 3.8) is 0 Å². The Morgan fingerprint density at radius 1 is 1.09 bits per heavy atom. The number of ether oxygens (including phenoxy) is 2. The molecular formula is C26H23N5O3. The minimum atomic E-state index is -0.344. The molecule has 1 amide bonds. The van der Waals surface area contributed by atoms with Gasteiger partial charge in [0.15, 0.2) is 0 Å². The van der Waals surface area contributed by atoms with Crippen molar-refractivity contribution in [1.29, 1.82) is 10.5 Å². The lowest BCUT2D eigenvalue weighted by atomic mass is 10.1. The van der Waals surface area contributed by atoms with E-state index in [1.165, 1.54) is 6.20 Å². The number of carbonyl (C=O) groups is 1. The number of hydrogen-bond donors (Lipinski definition) is 2. The van der Waals surface area contributed by atoms with Gasteiger partial charge in [-0.25, -0.2) is 4.98 Å². The van der Waals surface area contributed by atoms with Gasteiger partial charge in [0.25, 0.3) is 5.91 Å². The Bertz CT molecular complexity index is 1280. The zero-order chi connectivity index (χ0) is 24.1. The quantitative estimate of drug-likeness (QED) is 0.548. The van der Waals surface area contributed by atoms with Crippen LogP contribution in [0.3, 0.4) is 0 Å². The molecule has 1 atom stereocenters. The van der Waals surface area contributed by atoms with Crippen molar-refractivity contribution in [1.82, 2.24) is 10.3 Å². The zero-order valence-corrected chi connectivity index (χ0v) is 18.9. The summed E-state index contributed by atoms with van der Waals surface area (Å²) in [6, 6.07) is 16.3. The van der Waals surface area contributed by atoms with E-state index in [-0.39, 0.29) is 17.7 Å². The number of nitriles is 2. The van der Waals surface area contributed by atoms with E-state index in [4.69, 9.17) is 14.7 Å². The predicted octanol–water partition coefficient (Wildman–Crippen LogP) is 4.84. The first-order valence-electron chi connectivity index (χ1n) is 10.9. The van der Waals surface area contributed by atoms with Gasteiger partial charge in [-0.1, -0.05) is 0 Å². The van der Waals surface area contributed by atoms with Crippen LogP contribution in [-0.4, -0.2) is 23.7 Å². The van der Waals surface area contributed by atoms with Crippen molar-refractivity contribution < 1.29 is 14.3 Å². The molecular weight excluding hydrogens is 430 g/mol. The second-order valence-electron chi connectivity index (χ2n) is 8.01. The molecule has 8 heteroatoms. The summed E-state index contributed by atoms with van der Waals surface area (Å²) in [5, 5.41) is 24.3. The monoisotopic (exact) mass is 453 g/mol. The lowest BCUT2D eigenvalue weighted by Gasteiger charge is -2.18. The van der Waals surface area contributed by atoms with Crippen LogP contribution in [0.4, 0.5) is 11.5 Å². The van der Waals surface area contributed by atoms with Crippen LogP contribution in [0.25, 0.3) is 0 Å². The predicted molar refractivity (Wildman–Crippen MR) is 126 cm³/mol. The maximum atomic E-state index is 13.0. The summed E-state index contributed by atoms with van der Waals surface area (Å²) in [4.78, 5) is 17.4. The van der Waals surface area contributed by atoms with Gasteiger partial charge in [0.1, 0.15) is 29.1 Å². The molecule has 3 aromatic rings. The Balaban J connectivity index is 1.67. The normalized spacial score (nSPS) is 14.6. The van der Waals surface area contributed by atoms with Crippen LogP contribution in [0.15, 0.2) is 48.7 Å². The van der Waals surface area contributed by atoms with E-state index >= 15 is 0 Å². The molecule has 34 heavy (non-hydrogen) atoms. The fraction of sp³-hybridized carbons (Fsp3) is 0.231. The molecule has 1 fully saturated rings. The number of anilines is 2. The molecule has 1 aliphatic heterocycles. The Kier molecular flexibility index (Phi) is 6.72. The van der Waals surface area contributed by atoms with Crippen LogP contribution in [0, 0.1) is 36.5 Å². The number of aryl methyl sites for hydroxylation is 2. The van der Waals surface area contributed by atoms with Gasteiger partial charge >= 0.3 is 0 Å². The van der Waals surface area contributed by atoms with E-state index in [2.05, 4.69) is 27.8 Å². The van der Waals surface area contributed by atoms with E-state index in [1.54, 1.807) is 42.5 Å². The minimum absolute atomic E-state index is 0.268. The van der Waals surface area contributed by atoms with Gasteiger partial charge in [0.2, 0.25) is 0 Å². The molecule has 8 nitrogen and oxygen atoms in total. The molecule has 0 radical (unpaired) electrons. The topological polar surface area (TPSA) is 120 Å². The molecule has 4 rings (SSSR count). The smallest absolute Gasteiger partial charge is 0.258 e. The summed E-state index contributed by atoms with van der Waals surface area (Å²) < 4.78 is 11.8. The van der Waals surface area contributed by atoms with E-state index in [9.17, 15) is 10.1 Å². The molecule has 0 bridgehead atoms. The van der Waals surface area contributed by atoms with Crippen molar-refractivity contribution in [3.05, 3.63) is 76.5 Å². The van der Waals surface area contributed by atoms with Crippen LogP contribution in [-0.2, 0) is 4.74 Å². The summed E-state index contributed by atoms with van der Waals surface area (Å²) in [6.45, 7) is 4.32. The van der Waals surface area contributed by atoms with Crippen molar-refractivity contribution in [2.45, 2.75) is 32.9 Å². The molecule has 1 saturated heterocycles. The van der Waals surface area contributed by atoms with E-state index in [0.29, 0.717) is 35.1 Å². The summed E-state index contributed by atoms with van der Waals surface area (Å²) in [5.41, 5.74) is 3.65. The van der Waals surface area contributed by atoms with E-state index in [0.717, 1.165) is 29.7 Å². The Morgan fingerprint density at radius 3 is 2.41 bits per heavy atom. The average molecular weight is 454 g/mol. The maximum Gasteiger partial charge on any atom is 0.258 e. The fourth-order valence-electron chi connectivity index (χ4n) is 3.74. The second-order valence-corrected chi connectivity index (χ2v) is 8.01. The Morgan fingerprint density at radius 2 is 1.79 bits per heavy atom. The lowest BCUT2D eigenvalue weighted by molar-refractivity contribution is 0.0638. The van der Waals surface area contributed by atoms with Gasteiger partial charge in [-0.2, -0.15) is 10.5 Å². The van der Waals surface area contributed by atoms with Crippen LogP contribution in [0.5, 0.6) is 11.5 Å². The minimum Gasteiger partial charge on any atom is -0.456 e. The molecule has 2 N–H and O–H groups in total. The highest BCUT2D eigenvalue weighted by Crippen LogP contribution is 2.33. The summed E-state index contributed by atoms with van der Waals surface area (Å²) in [5.74, 6) is 1.01. The molecule has 1 aliphatic rings. The maximum absolute atomic E-state index is 13.0. The van der Waals surface area contributed by atoms with Crippen molar-refractivity contribution in [2.24, 2.45) is 0 Å². The molecule has 2 aromatic carbocycles. The molecule has 1 unspecified atom stereocenters. The highest BCUT2D eigenvalue weighted by Gasteiger charge is 2.22. The van der Waals surface area contributed by atoms with Crippen molar-refractivity contribution in [3.8, 4) is 23.6 Å². The number of nitrogens with one attached hydrogen (secondary N) is 2. The average Bonchev–Trinajstić information content (AvgIpc) is 3.35. The van der Waals surface area contributed by atoms with Gasteiger partial charge in [0.05, 0.1) is 23.3 Å². The van der Waals surface area contributed by atoms with Gasteiger partial charge in [-0.15, -0.1) is 0 Å². The number of pyridine rings is 1. The zero-order valence-electron chi connectivity index (χ0n) is 18.9. The SMILES string of the molecule is Cc1cc(C#N)cc(C)c1Oc1cc(Nc2ccc(C#N)cc2)ncc1C(=O)NC1CCCO1. The van der Waals surface area contributed by atoms with Gasteiger partial charge < -0.3 is 20.1 Å². The third-order valence-corrected chi connectivity index (χ3v) is 5.42.